The predicted molar refractivity (Wildman–Crippen MR) is 81.3 cm³/mol. The molecule has 2 rings (SSSR count). The lowest BCUT2D eigenvalue weighted by molar-refractivity contribution is 0.0600. The van der Waals surface area contributed by atoms with E-state index < -0.39 is 0 Å². The van der Waals surface area contributed by atoms with E-state index in [9.17, 15) is 4.79 Å². The van der Waals surface area contributed by atoms with Crippen molar-refractivity contribution in [2.75, 3.05) is 7.11 Å². The Hall–Kier alpha value is -1.52. The van der Waals surface area contributed by atoms with Crippen LogP contribution in [0, 0.1) is 0 Å². The molecule has 0 atom stereocenters. The maximum Gasteiger partial charge on any atom is 0.337 e. The van der Waals surface area contributed by atoms with Gasteiger partial charge >= 0.3 is 5.97 Å². The number of rotatable bonds is 4. The second-order valence-corrected chi connectivity index (χ2v) is 5.37. The largest absolute Gasteiger partial charge is 0.487 e. The van der Waals surface area contributed by atoms with Crippen LogP contribution in [0.2, 0.25) is 5.02 Å². The molecule has 0 aliphatic rings. The van der Waals surface area contributed by atoms with Crippen LogP contribution in [0.5, 0.6) is 5.75 Å². The monoisotopic (exact) mass is 354 g/mol. The first-order valence-electron chi connectivity index (χ1n) is 5.85. The summed E-state index contributed by atoms with van der Waals surface area (Å²) in [5.74, 6) is 0.255. The molecule has 2 aromatic rings. The van der Waals surface area contributed by atoms with E-state index in [1.54, 1.807) is 18.2 Å². The molecule has 0 N–H and O–H groups in total. The van der Waals surface area contributed by atoms with Crippen LogP contribution in [0.4, 0.5) is 0 Å². The third-order valence-corrected chi connectivity index (χ3v) is 3.47. The quantitative estimate of drug-likeness (QED) is 0.759. The molecule has 5 heteroatoms. The lowest BCUT2D eigenvalue weighted by Gasteiger charge is -2.09. The van der Waals surface area contributed by atoms with E-state index in [2.05, 4.69) is 20.7 Å². The zero-order valence-electron chi connectivity index (χ0n) is 10.7. The van der Waals surface area contributed by atoms with E-state index in [1.807, 2.05) is 24.3 Å². The molecule has 0 unspecified atom stereocenters. The molecule has 0 heterocycles. The summed E-state index contributed by atoms with van der Waals surface area (Å²) in [5, 5.41) is 0.555. The van der Waals surface area contributed by atoms with Crippen molar-refractivity contribution in [3.05, 3.63) is 63.1 Å². The molecule has 3 nitrogen and oxygen atoms in total. The zero-order valence-corrected chi connectivity index (χ0v) is 13.1. The van der Waals surface area contributed by atoms with E-state index in [1.165, 1.54) is 7.11 Å². The Kier molecular flexibility index (Phi) is 5.04. The number of esters is 1. The summed E-state index contributed by atoms with van der Waals surface area (Å²) >= 11 is 9.41. The highest BCUT2D eigenvalue weighted by Crippen LogP contribution is 2.28. The topological polar surface area (TPSA) is 35.5 Å². The van der Waals surface area contributed by atoms with Gasteiger partial charge in [-0.2, -0.15) is 0 Å². The summed E-state index contributed by atoms with van der Waals surface area (Å²) in [7, 11) is 1.36. The van der Waals surface area contributed by atoms with E-state index in [-0.39, 0.29) is 5.97 Å². The third-order valence-electron chi connectivity index (χ3n) is 2.66. The zero-order chi connectivity index (χ0) is 14.5. The molecule has 0 aromatic heterocycles. The van der Waals surface area contributed by atoms with Gasteiger partial charge in [0.1, 0.15) is 12.4 Å². The molecular weight excluding hydrogens is 344 g/mol. The highest BCUT2D eigenvalue weighted by molar-refractivity contribution is 9.10. The highest BCUT2D eigenvalue weighted by atomic mass is 79.9. The van der Waals surface area contributed by atoms with Crippen LogP contribution in [-0.2, 0) is 11.3 Å². The molecule has 20 heavy (non-hydrogen) atoms. The minimum atomic E-state index is -0.354. The normalized spacial score (nSPS) is 10.2. The van der Waals surface area contributed by atoms with E-state index in [0.29, 0.717) is 22.9 Å². The average molecular weight is 356 g/mol. The van der Waals surface area contributed by atoms with Gasteiger partial charge in [0, 0.05) is 4.47 Å². The van der Waals surface area contributed by atoms with Crippen molar-refractivity contribution in [3.63, 3.8) is 0 Å². The van der Waals surface area contributed by atoms with Crippen LogP contribution in [0.15, 0.2) is 46.9 Å². The molecule has 0 bridgehead atoms. The number of ether oxygens (including phenoxy) is 2. The van der Waals surface area contributed by atoms with Crippen LogP contribution in [0.25, 0.3) is 0 Å². The SMILES string of the molecule is COC(=O)c1ccc(COc2cc(Br)ccc2Cl)cc1. The fourth-order valence-corrected chi connectivity index (χ4v) is 2.12. The van der Waals surface area contributed by atoms with Crippen LogP contribution in [0.3, 0.4) is 0 Å². The highest BCUT2D eigenvalue weighted by Gasteiger charge is 2.06. The molecule has 0 amide bonds. The second kappa shape index (κ2) is 6.77. The van der Waals surface area contributed by atoms with Gasteiger partial charge in [0.05, 0.1) is 17.7 Å². The van der Waals surface area contributed by atoms with E-state index in [4.69, 9.17) is 16.3 Å². The van der Waals surface area contributed by atoms with E-state index in [0.717, 1.165) is 10.0 Å². The number of hydrogen-bond donors (Lipinski definition) is 0. The number of methoxy groups -OCH3 is 1. The third kappa shape index (κ3) is 3.74. The molecule has 0 saturated heterocycles. The van der Waals surface area contributed by atoms with E-state index >= 15 is 0 Å². The smallest absolute Gasteiger partial charge is 0.337 e. The molecule has 0 fully saturated rings. The Morgan fingerprint density at radius 3 is 2.55 bits per heavy atom. The number of carbonyl (C=O) groups is 1. The predicted octanol–water partition coefficient (Wildman–Crippen LogP) is 4.47. The molecule has 0 aliphatic heterocycles. The summed E-state index contributed by atoms with van der Waals surface area (Å²) in [6.45, 7) is 0.373. The van der Waals surface area contributed by atoms with Crippen LogP contribution < -0.4 is 4.74 Å². The number of halogens is 2. The Morgan fingerprint density at radius 1 is 1.20 bits per heavy atom. The Bertz CT molecular complexity index is 611. The molecule has 0 saturated carbocycles. The van der Waals surface area contributed by atoms with Crippen molar-refractivity contribution >= 4 is 33.5 Å². The number of benzene rings is 2. The maximum absolute atomic E-state index is 11.3. The van der Waals surface area contributed by atoms with Gasteiger partial charge in [0.2, 0.25) is 0 Å². The van der Waals surface area contributed by atoms with Gasteiger partial charge < -0.3 is 9.47 Å². The maximum atomic E-state index is 11.3. The molecule has 2 aromatic carbocycles. The molecular formula is C15H12BrClO3. The van der Waals surface area contributed by atoms with Crippen molar-refractivity contribution in [1.29, 1.82) is 0 Å². The number of hydrogen-bond acceptors (Lipinski definition) is 3. The first kappa shape index (κ1) is 14.9. The fourth-order valence-electron chi connectivity index (χ4n) is 1.60. The second-order valence-electron chi connectivity index (χ2n) is 4.05. The molecule has 0 spiro atoms. The molecule has 104 valence electrons. The molecule has 0 radical (unpaired) electrons. The number of carbonyl (C=O) groups excluding carboxylic acids is 1. The van der Waals surface area contributed by atoms with Gasteiger partial charge in [-0.1, -0.05) is 39.7 Å². The Morgan fingerprint density at radius 2 is 1.90 bits per heavy atom. The van der Waals surface area contributed by atoms with Crippen LogP contribution in [0.1, 0.15) is 15.9 Å². The Balaban J connectivity index is 2.04. The van der Waals surface area contributed by atoms with Crippen molar-refractivity contribution in [1.82, 2.24) is 0 Å². The minimum absolute atomic E-state index is 0.354. The first-order chi connectivity index (χ1) is 9.60. The van der Waals surface area contributed by atoms with Crippen molar-refractivity contribution in [3.8, 4) is 5.75 Å². The minimum Gasteiger partial charge on any atom is -0.487 e. The van der Waals surface area contributed by atoms with Gasteiger partial charge in [-0.25, -0.2) is 4.79 Å². The van der Waals surface area contributed by atoms with Crippen molar-refractivity contribution in [2.45, 2.75) is 6.61 Å². The first-order valence-corrected chi connectivity index (χ1v) is 7.02. The fraction of sp³-hybridized carbons (Fsp3) is 0.133. The van der Waals surface area contributed by atoms with Gasteiger partial charge in [0.15, 0.2) is 0 Å². The lowest BCUT2D eigenvalue weighted by atomic mass is 10.1. The lowest BCUT2D eigenvalue weighted by Crippen LogP contribution is -2.02. The summed E-state index contributed by atoms with van der Waals surface area (Å²) in [5.41, 5.74) is 1.45. The van der Waals surface area contributed by atoms with Crippen molar-refractivity contribution in [2.24, 2.45) is 0 Å². The van der Waals surface area contributed by atoms with Crippen LogP contribution in [-0.4, -0.2) is 13.1 Å². The van der Waals surface area contributed by atoms with Crippen LogP contribution >= 0.6 is 27.5 Å². The molecule has 0 aliphatic carbocycles. The summed E-state index contributed by atoms with van der Waals surface area (Å²) < 4.78 is 11.2. The summed E-state index contributed by atoms with van der Waals surface area (Å²) in [4.78, 5) is 11.3. The summed E-state index contributed by atoms with van der Waals surface area (Å²) in [6.07, 6.45) is 0. The Labute approximate surface area is 130 Å². The van der Waals surface area contributed by atoms with Gasteiger partial charge in [-0.15, -0.1) is 0 Å². The van der Waals surface area contributed by atoms with Gasteiger partial charge in [-0.05, 0) is 35.9 Å². The average Bonchev–Trinajstić information content (AvgIpc) is 2.48. The van der Waals surface area contributed by atoms with Gasteiger partial charge in [0.25, 0.3) is 0 Å². The standard InChI is InChI=1S/C15H12BrClO3/c1-19-15(18)11-4-2-10(3-5-11)9-20-14-8-12(16)6-7-13(14)17/h2-8H,9H2,1H3. The summed E-state index contributed by atoms with van der Waals surface area (Å²) in [6, 6.07) is 12.5. The van der Waals surface area contributed by atoms with Gasteiger partial charge in [-0.3, -0.25) is 0 Å². The van der Waals surface area contributed by atoms with Crippen molar-refractivity contribution < 1.29 is 14.3 Å².